The largest absolute Gasteiger partial charge is 0.465 e. The third-order valence-electron chi connectivity index (χ3n) is 2.82. The lowest BCUT2D eigenvalue weighted by molar-refractivity contribution is 0.475. The Morgan fingerprint density at radius 2 is 2.00 bits per heavy atom. The second kappa shape index (κ2) is 5.59. The molecule has 1 aromatic carbocycles. The van der Waals surface area contributed by atoms with Crippen LogP contribution >= 0.6 is 15.9 Å². The summed E-state index contributed by atoms with van der Waals surface area (Å²) in [5.41, 5.74) is 6.74. The Hall–Kier alpha value is -1.31. The number of nitrogen functional groups attached to an aromatic ring is 1. The zero-order chi connectivity index (χ0) is 14.9. The van der Waals surface area contributed by atoms with Crippen LogP contribution in [0.3, 0.4) is 0 Å². The maximum Gasteiger partial charge on any atom is 0.241 e. The van der Waals surface area contributed by atoms with Crippen LogP contribution in [0.1, 0.15) is 17.1 Å². The molecule has 0 aliphatic heterocycles. The van der Waals surface area contributed by atoms with Crippen molar-refractivity contribution >= 4 is 31.6 Å². The molecular weight excluding hydrogens is 344 g/mol. The summed E-state index contributed by atoms with van der Waals surface area (Å²) in [5, 5.41) is 0. The number of halogens is 1. The molecule has 0 fully saturated rings. The molecule has 0 amide bonds. The number of nitrogens with one attached hydrogen (secondary N) is 1. The SMILES string of the molecule is Cc1ccc(CNS(=O)(=O)c2cc(N)c(Br)cc2C)o1. The van der Waals surface area contributed by atoms with Crippen molar-refractivity contribution in [2.75, 3.05) is 5.73 Å². The van der Waals surface area contributed by atoms with Crippen LogP contribution in [0.2, 0.25) is 0 Å². The minimum Gasteiger partial charge on any atom is -0.465 e. The molecule has 3 N–H and O–H groups in total. The third kappa shape index (κ3) is 3.23. The van der Waals surface area contributed by atoms with E-state index in [4.69, 9.17) is 10.2 Å². The molecule has 0 spiro atoms. The van der Waals surface area contributed by atoms with Crippen molar-refractivity contribution in [3.63, 3.8) is 0 Å². The van der Waals surface area contributed by atoms with Gasteiger partial charge >= 0.3 is 0 Å². The van der Waals surface area contributed by atoms with Crippen LogP contribution in [-0.2, 0) is 16.6 Å². The van der Waals surface area contributed by atoms with Gasteiger partial charge in [0.15, 0.2) is 0 Å². The molecule has 0 bridgehead atoms. The highest BCUT2D eigenvalue weighted by Gasteiger charge is 2.18. The van der Waals surface area contributed by atoms with Crippen molar-refractivity contribution in [1.29, 1.82) is 0 Å². The molecular formula is C13H15BrN2O3S. The van der Waals surface area contributed by atoms with E-state index in [-0.39, 0.29) is 11.4 Å². The summed E-state index contributed by atoms with van der Waals surface area (Å²) in [5.74, 6) is 1.30. The van der Waals surface area contributed by atoms with E-state index < -0.39 is 10.0 Å². The summed E-state index contributed by atoms with van der Waals surface area (Å²) in [6, 6.07) is 6.64. The van der Waals surface area contributed by atoms with Crippen LogP contribution in [0.15, 0.2) is 38.1 Å². The molecule has 20 heavy (non-hydrogen) atoms. The number of rotatable bonds is 4. The number of aryl methyl sites for hydroxylation is 2. The van der Waals surface area contributed by atoms with Gasteiger partial charge in [0.05, 0.1) is 11.4 Å². The topological polar surface area (TPSA) is 85.3 Å². The number of anilines is 1. The Morgan fingerprint density at radius 1 is 1.30 bits per heavy atom. The standard InChI is InChI=1S/C13H15BrN2O3S/c1-8-5-11(14)12(15)6-13(8)20(17,18)16-7-10-4-3-9(2)19-10/h3-6,16H,7,15H2,1-2H3. The van der Waals surface area contributed by atoms with Gasteiger partial charge in [-0.3, -0.25) is 0 Å². The molecule has 108 valence electrons. The smallest absolute Gasteiger partial charge is 0.241 e. The van der Waals surface area contributed by atoms with Gasteiger partial charge in [0.1, 0.15) is 11.5 Å². The molecule has 0 radical (unpaired) electrons. The number of nitrogens with two attached hydrogens (primary N) is 1. The van der Waals surface area contributed by atoms with Crippen molar-refractivity contribution in [3.05, 3.63) is 45.8 Å². The molecule has 0 aliphatic carbocycles. The van der Waals surface area contributed by atoms with E-state index in [0.717, 1.165) is 5.76 Å². The van der Waals surface area contributed by atoms with E-state index in [1.807, 2.05) is 0 Å². The zero-order valence-corrected chi connectivity index (χ0v) is 13.5. The predicted octanol–water partition coefficient (Wildman–Crippen LogP) is 2.72. The van der Waals surface area contributed by atoms with Crippen molar-refractivity contribution in [1.82, 2.24) is 4.72 Å². The van der Waals surface area contributed by atoms with Gasteiger partial charge in [-0.2, -0.15) is 0 Å². The Kier molecular flexibility index (Phi) is 4.22. The highest BCUT2D eigenvalue weighted by molar-refractivity contribution is 9.10. The molecule has 0 unspecified atom stereocenters. The molecule has 0 saturated carbocycles. The third-order valence-corrected chi connectivity index (χ3v) is 5.05. The molecule has 1 aromatic heterocycles. The van der Waals surface area contributed by atoms with Crippen LogP contribution in [0.5, 0.6) is 0 Å². The van der Waals surface area contributed by atoms with Crippen molar-refractivity contribution in [3.8, 4) is 0 Å². The van der Waals surface area contributed by atoms with Crippen molar-refractivity contribution < 1.29 is 12.8 Å². The molecule has 2 rings (SSSR count). The van der Waals surface area contributed by atoms with Gasteiger partial charge in [0, 0.05) is 10.2 Å². The van der Waals surface area contributed by atoms with E-state index in [9.17, 15) is 8.42 Å². The first-order chi connectivity index (χ1) is 9.29. The Bertz CT molecular complexity index is 738. The first-order valence-electron chi connectivity index (χ1n) is 5.90. The second-order valence-electron chi connectivity index (χ2n) is 4.48. The van der Waals surface area contributed by atoms with Crippen LogP contribution < -0.4 is 10.5 Å². The molecule has 0 aliphatic rings. The second-order valence-corrected chi connectivity index (χ2v) is 7.07. The molecule has 5 nitrogen and oxygen atoms in total. The van der Waals surface area contributed by atoms with Crippen LogP contribution in [0.25, 0.3) is 0 Å². The van der Waals surface area contributed by atoms with Crippen molar-refractivity contribution in [2.24, 2.45) is 0 Å². The van der Waals surface area contributed by atoms with E-state index >= 15 is 0 Å². The van der Waals surface area contributed by atoms with Gasteiger partial charge in [-0.15, -0.1) is 0 Å². The fourth-order valence-corrected chi connectivity index (χ4v) is 3.49. The predicted molar refractivity (Wildman–Crippen MR) is 80.8 cm³/mol. The highest BCUT2D eigenvalue weighted by atomic mass is 79.9. The molecule has 0 atom stereocenters. The molecule has 0 saturated heterocycles. The summed E-state index contributed by atoms with van der Waals surface area (Å²) in [6.07, 6.45) is 0. The van der Waals surface area contributed by atoms with Crippen molar-refractivity contribution in [2.45, 2.75) is 25.3 Å². The van der Waals surface area contributed by atoms with E-state index in [1.54, 1.807) is 32.0 Å². The Labute approximate surface area is 126 Å². The van der Waals surface area contributed by atoms with Gasteiger partial charge < -0.3 is 10.2 Å². The summed E-state index contributed by atoms with van der Waals surface area (Å²) in [4.78, 5) is 0.168. The van der Waals surface area contributed by atoms with E-state index in [1.165, 1.54) is 6.07 Å². The number of hydrogen-bond donors (Lipinski definition) is 2. The summed E-state index contributed by atoms with van der Waals surface area (Å²) in [6.45, 7) is 3.62. The number of hydrogen-bond acceptors (Lipinski definition) is 4. The van der Waals surface area contributed by atoms with Crippen LogP contribution in [-0.4, -0.2) is 8.42 Å². The monoisotopic (exact) mass is 358 g/mol. The fraction of sp³-hybridized carbons (Fsp3) is 0.231. The number of benzene rings is 1. The normalized spacial score (nSPS) is 11.8. The van der Waals surface area contributed by atoms with E-state index in [0.29, 0.717) is 21.5 Å². The lowest BCUT2D eigenvalue weighted by Gasteiger charge is -2.10. The average molecular weight is 359 g/mol. The van der Waals surface area contributed by atoms with Gasteiger partial charge in [-0.1, -0.05) is 0 Å². The first-order valence-corrected chi connectivity index (χ1v) is 8.18. The lowest BCUT2D eigenvalue weighted by Crippen LogP contribution is -2.24. The van der Waals surface area contributed by atoms with E-state index in [2.05, 4.69) is 20.7 Å². The van der Waals surface area contributed by atoms with Gasteiger partial charge in [0.25, 0.3) is 0 Å². The molecule has 1 heterocycles. The quantitative estimate of drug-likeness (QED) is 0.822. The summed E-state index contributed by atoms with van der Waals surface area (Å²) in [7, 11) is -3.63. The average Bonchev–Trinajstić information content (AvgIpc) is 2.77. The summed E-state index contributed by atoms with van der Waals surface area (Å²) >= 11 is 3.27. The highest BCUT2D eigenvalue weighted by Crippen LogP contribution is 2.26. The number of furan rings is 1. The number of sulfonamides is 1. The van der Waals surface area contributed by atoms with Crippen LogP contribution in [0, 0.1) is 13.8 Å². The minimum absolute atomic E-state index is 0.103. The maximum atomic E-state index is 12.3. The Morgan fingerprint density at radius 3 is 2.60 bits per heavy atom. The van der Waals surface area contributed by atoms with Gasteiger partial charge in [0.2, 0.25) is 10.0 Å². The summed E-state index contributed by atoms with van der Waals surface area (Å²) < 4.78 is 33.1. The zero-order valence-electron chi connectivity index (χ0n) is 11.1. The maximum absolute atomic E-state index is 12.3. The minimum atomic E-state index is -3.63. The first kappa shape index (κ1) is 15.1. The molecule has 7 heteroatoms. The van der Waals surface area contributed by atoms with Gasteiger partial charge in [-0.05, 0) is 59.6 Å². The molecule has 2 aromatic rings. The van der Waals surface area contributed by atoms with Crippen LogP contribution in [0.4, 0.5) is 5.69 Å². The lowest BCUT2D eigenvalue weighted by atomic mass is 10.2. The Balaban J connectivity index is 2.24. The fourth-order valence-electron chi connectivity index (χ4n) is 1.78. The van der Waals surface area contributed by atoms with Gasteiger partial charge in [-0.25, -0.2) is 13.1 Å².